The monoisotopic (exact) mass is 290 g/mol. The number of aryl methyl sites for hydroxylation is 1. The van der Waals surface area contributed by atoms with Gasteiger partial charge in [-0.1, -0.05) is 6.92 Å². The van der Waals surface area contributed by atoms with Gasteiger partial charge in [0, 0.05) is 36.7 Å². The number of nitrogens with one attached hydrogen (secondary N) is 2. The molecule has 0 aliphatic carbocycles. The quantitative estimate of drug-likeness (QED) is 0.855. The summed E-state index contributed by atoms with van der Waals surface area (Å²) in [5.41, 5.74) is 4.35. The number of hydrogen-bond acceptors (Lipinski definition) is 5. The van der Waals surface area contributed by atoms with Crippen LogP contribution < -0.4 is 10.6 Å². The minimum atomic E-state index is -0.0752. The van der Waals surface area contributed by atoms with Gasteiger partial charge in [-0.3, -0.25) is 4.79 Å². The summed E-state index contributed by atoms with van der Waals surface area (Å²) in [6.07, 6.45) is 1.55. The first-order valence-electron chi connectivity index (χ1n) is 6.57. The van der Waals surface area contributed by atoms with Crippen molar-refractivity contribution in [3.05, 3.63) is 40.0 Å². The van der Waals surface area contributed by atoms with Crippen molar-refractivity contribution >= 4 is 23.1 Å². The van der Waals surface area contributed by atoms with E-state index >= 15 is 0 Å². The van der Waals surface area contributed by atoms with Gasteiger partial charge in [-0.05, 0) is 18.6 Å². The molecule has 0 radical (unpaired) electrons. The molecule has 0 fully saturated rings. The van der Waals surface area contributed by atoms with Crippen LogP contribution in [0.5, 0.6) is 0 Å². The normalized spacial score (nSPS) is 10.3. The van der Waals surface area contributed by atoms with E-state index in [4.69, 9.17) is 0 Å². The lowest BCUT2D eigenvalue weighted by Crippen LogP contribution is -2.26. The Morgan fingerprint density at radius 2 is 2.20 bits per heavy atom. The highest BCUT2D eigenvalue weighted by atomic mass is 32.1. The van der Waals surface area contributed by atoms with Gasteiger partial charge >= 0.3 is 0 Å². The van der Waals surface area contributed by atoms with Crippen molar-refractivity contribution < 1.29 is 4.79 Å². The van der Waals surface area contributed by atoms with Crippen LogP contribution in [0, 0.1) is 0 Å². The topological polar surface area (TPSA) is 66.9 Å². The van der Waals surface area contributed by atoms with E-state index in [-0.39, 0.29) is 5.91 Å². The summed E-state index contributed by atoms with van der Waals surface area (Å²) in [7, 11) is 1.80. The lowest BCUT2D eigenvalue weighted by atomic mass is 10.1. The molecule has 0 aromatic carbocycles. The minimum absolute atomic E-state index is 0.0752. The predicted molar refractivity (Wildman–Crippen MR) is 81.3 cm³/mol. The van der Waals surface area contributed by atoms with Gasteiger partial charge in [0.15, 0.2) is 0 Å². The molecular formula is C14H18N4OS. The van der Waals surface area contributed by atoms with E-state index in [1.165, 1.54) is 0 Å². The fourth-order valence-corrected chi connectivity index (χ4v) is 2.39. The molecule has 5 nitrogen and oxygen atoms in total. The SMILES string of the molecule is CCc1cc(C(=O)NCCc2cscn2)cc(NC)n1. The summed E-state index contributed by atoms with van der Waals surface area (Å²) in [6.45, 7) is 2.60. The molecule has 0 aliphatic rings. The Labute approximate surface area is 122 Å². The highest BCUT2D eigenvalue weighted by Gasteiger charge is 2.09. The molecular weight excluding hydrogens is 272 g/mol. The molecule has 2 rings (SSSR count). The standard InChI is InChI=1S/C14H18N4OS/c1-3-11-6-10(7-13(15-2)18-11)14(19)16-5-4-12-8-20-9-17-12/h6-9H,3-5H2,1-2H3,(H,15,18)(H,16,19). The second-order valence-electron chi connectivity index (χ2n) is 4.32. The Morgan fingerprint density at radius 3 is 2.85 bits per heavy atom. The van der Waals surface area contributed by atoms with Crippen LogP contribution in [0.2, 0.25) is 0 Å². The molecule has 2 heterocycles. The number of carbonyl (C=O) groups excluding carboxylic acids is 1. The second-order valence-corrected chi connectivity index (χ2v) is 5.04. The number of rotatable bonds is 6. The van der Waals surface area contributed by atoms with Crippen molar-refractivity contribution in [2.24, 2.45) is 0 Å². The summed E-state index contributed by atoms with van der Waals surface area (Å²) in [5.74, 6) is 0.642. The van der Waals surface area contributed by atoms with Gasteiger partial charge in [0.05, 0.1) is 11.2 Å². The number of anilines is 1. The molecule has 0 spiro atoms. The van der Waals surface area contributed by atoms with E-state index < -0.39 is 0 Å². The third kappa shape index (κ3) is 3.77. The highest BCUT2D eigenvalue weighted by molar-refractivity contribution is 7.07. The van der Waals surface area contributed by atoms with Gasteiger partial charge in [-0.15, -0.1) is 11.3 Å². The number of aromatic nitrogens is 2. The van der Waals surface area contributed by atoms with Crippen LogP contribution in [0.15, 0.2) is 23.0 Å². The average molecular weight is 290 g/mol. The molecule has 106 valence electrons. The number of pyridine rings is 1. The smallest absolute Gasteiger partial charge is 0.251 e. The molecule has 0 bridgehead atoms. The Kier molecular flexibility index (Phi) is 5.06. The van der Waals surface area contributed by atoms with E-state index in [0.29, 0.717) is 17.9 Å². The van der Waals surface area contributed by atoms with E-state index in [1.54, 1.807) is 30.0 Å². The first kappa shape index (κ1) is 14.5. The number of nitrogens with zero attached hydrogens (tertiary/aromatic N) is 2. The van der Waals surface area contributed by atoms with Gasteiger partial charge in [-0.2, -0.15) is 0 Å². The maximum atomic E-state index is 12.1. The fourth-order valence-electron chi connectivity index (χ4n) is 1.80. The summed E-state index contributed by atoms with van der Waals surface area (Å²) in [5, 5.41) is 7.88. The van der Waals surface area contributed by atoms with Crippen LogP contribution >= 0.6 is 11.3 Å². The maximum Gasteiger partial charge on any atom is 0.251 e. The Hall–Kier alpha value is -1.95. The molecule has 2 aromatic heterocycles. The molecule has 6 heteroatoms. The third-order valence-electron chi connectivity index (χ3n) is 2.91. The number of hydrogen-bond donors (Lipinski definition) is 2. The molecule has 1 amide bonds. The van der Waals surface area contributed by atoms with E-state index in [9.17, 15) is 4.79 Å². The first-order valence-corrected chi connectivity index (χ1v) is 7.51. The molecule has 0 saturated carbocycles. The molecule has 20 heavy (non-hydrogen) atoms. The lowest BCUT2D eigenvalue weighted by Gasteiger charge is -2.08. The van der Waals surface area contributed by atoms with E-state index in [0.717, 1.165) is 24.2 Å². The van der Waals surface area contributed by atoms with Crippen LogP contribution in [0.3, 0.4) is 0 Å². The molecule has 2 aromatic rings. The molecule has 0 saturated heterocycles. The molecule has 0 unspecified atom stereocenters. The Morgan fingerprint density at radius 1 is 1.35 bits per heavy atom. The Bertz CT molecular complexity index is 546. The zero-order chi connectivity index (χ0) is 14.4. The Balaban J connectivity index is 1.97. The van der Waals surface area contributed by atoms with Crippen LogP contribution in [-0.4, -0.2) is 29.5 Å². The van der Waals surface area contributed by atoms with Crippen molar-refractivity contribution in [2.45, 2.75) is 19.8 Å². The number of carbonyl (C=O) groups is 1. The maximum absolute atomic E-state index is 12.1. The molecule has 2 N–H and O–H groups in total. The van der Waals surface area contributed by atoms with Gasteiger partial charge in [0.1, 0.15) is 5.82 Å². The average Bonchev–Trinajstić information content (AvgIpc) is 2.99. The third-order valence-corrected chi connectivity index (χ3v) is 3.54. The van der Waals surface area contributed by atoms with Crippen molar-refractivity contribution in [1.29, 1.82) is 0 Å². The van der Waals surface area contributed by atoms with Crippen LogP contribution in [0.4, 0.5) is 5.82 Å². The predicted octanol–water partition coefficient (Wildman–Crippen LogP) is 2.11. The minimum Gasteiger partial charge on any atom is -0.373 e. The summed E-state index contributed by atoms with van der Waals surface area (Å²) in [4.78, 5) is 20.7. The highest BCUT2D eigenvalue weighted by Crippen LogP contribution is 2.11. The van der Waals surface area contributed by atoms with Gasteiger partial charge < -0.3 is 10.6 Å². The van der Waals surface area contributed by atoms with Crippen LogP contribution in [0.25, 0.3) is 0 Å². The van der Waals surface area contributed by atoms with Gasteiger partial charge in [0.2, 0.25) is 0 Å². The van der Waals surface area contributed by atoms with Crippen molar-refractivity contribution in [3.63, 3.8) is 0 Å². The van der Waals surface area contributed by atoms with E-state index in [1.807, 2.05) is 18.4 Å². The number of thiazole rings is 1. The first-order chi connectivity index (χ1) is 9.72. The van der Waals surface area contributed by atoms with Crippen molar-refractivity contribution in [2.75, 3.05) is 18.9 Å². The second kappa shape index (κ2) is 7.00. The number of amides is 1. The summed E-state index contributed by atoms with van der Waals surface area (Å²) >= 11 is 1.56. The van der Waals surface area contributed by atoms with Crippen molar-refractivity contribution in [1.82, 2.24) is 15.3 Å². The van der Waals surface area contributed by atoms with E-state index in [2.05, 4.69) is 20.6 Å². The largest absolute Gasteiger partial charge is 0.373 e. The molecule has 0 atom stereocenters. The summed E-state index contributed by atoms with van der Waals surface area (Å²) < 4.78 is 0. The molecule has 0 aliphatic heterocycles. The zero-order valence-electron chi connectivity index (χ0n) is 11.6. The summed E-state index contributed by atoms with van der Waals surface area (Å²) in [6, 6.07) is 3.59. The fraction of sp³-hybridized carbons (Fsp3) is 0.357. The van der Waals surface area contributed by atoms with Gasteiger partial charge in [0.25, 0.3) is 5.91 Å². The lowest BCUT2D eigenvalue weighted by molar-refractivity contribution is 0.0954. The van der Waals surface area contributed by atoms with Crippen LogP contribution in [0.1, 0.15) is 28.7 Å². The zero-order valence-corrected chi connectivity index (χ0v) is 12.5. The van der Waals surface area contributed by atoms with Crippen LogP contribution in [-0.2, 0) is 12.8 Å². The van der Waals surface area contributed by atoms with Crippen molar-refractivity contribution in [3.8, 4) is 0 Å². The van der Waals surface area contributed by atoms with Gasteiger partial charge in [-0.25, -0.2) is 9.97 Å².